The third-order valence-corrected chi connectivity index (χ3v) is 5.98. The van der Waals surface area contributed by atoms with Crippen LogP contribution in [0.2, 0.25) is 0 Å². The number of rotatable bonds is 8. The van der Waals surface area contributed by atoms with Crippen LogP contribution in [0.3, 0.4) is 0 Å². The van der Waals surface area contributed by atoms with Crippen molar-refractivity contribution in [2.45, 2.75) is 46.5 Å². The molecule has 0 bridgehead atoms. The normalized spacial score (nSPS) is 13.2. The van der Waals surface area contributed by atoms with Crippen molar-refractivity contribution in [2.75, 3.05) is 29.9 Å². The largest absolute Gasteiger partial charge is 0.462 e. The maximum atomic E-state index is 12.6. The molecule has 0 unspecified atom stereocenters. The van der Waals surface area contributed by atoms with Crippen molar-refractivity contribution in [3.05, 3.63) is 58.9 Å². The molecule has 1 N–H and O–H groups in total. The molecular weight excluding hydrogens is 432 g/mol. The van der Waals surface area contributed by atoms with E-state index in [0.29, 0.717) is 30.1 Å². The molecule has 9 nitrogen and oxygen atoms in total. The van der Waals surface area contributed by atoms with E-state index in [9.17, 15) is 9.59 Å². The summed E-state index contributed by atoms with van der Waals surface area (Å²) in [5.41, 5.74) is 3.79. The smallest absolute Gasteiger partial charge is 0.338 e. The molecule has 2 aromatic heterocycles. The fourth-order valence-electron chi connectivity index (χ4n) is 4.21. The average molecular weight is 463 g/mol. The van der Waals surface area contributed by atoms with Crippen molar-refractivity contribution in [3.8, 4) is 5.82 Å². The van der Waals surface area contributed by atoms with E-state index >= 15 is 0 Å². The standard InChI is InChI=1S/C25H30N6O3/c1-4-34-25(33)19-8-7-9-20(16-19)26-24(32)13-10-21-17(2)29-31(18(21)3)23-12-11-22(27-28-23)30-14-5-6-15-30/h7-9,11-12,16H,4-6,10,13-15H2,1-3H3,(H,26,32). The SMILES string of the molecule is CCOC(=O)c1cccc(NC(=O)CCc2c(C)nn(-c3ccc(N4CCCC4)nn3)c2C)c1. The summed E-state index contributed by atoms with van der Waals surface area (Å²) in [5.74, 6) is 1.01. The van der Waals surface area contributed by atoms with E-state index in [0.717, 1.165) is 35.9 Å². The van der Waals surface area contributed by atoms with E-state index in [1.54, 1.807) is 35.9 Å². The number of anilines is 2. The maximum absolute atomic E-state index is 12.6. The molecule has 178 valence electrons. The van der Waals surface area contributed by atoms with E-state index < -0.39 is 5.97 Å². The van der Waals surface area contributed by atoms with Crippen molar-refractivity contribution in [1.82, 2.24) is 20.0 Å². The number of nitrogens with one attached hydrogen (secondary N) is 1. The Balaban J connectivity index is 1.40. The third-order valence-electron chi connectivity index (χ3n) is 5.98. The number of aryl methyl sites for hydroxylation is 1. The molecule has 0 radical (unpaired) electrons. The van der Waals surface area contributed by atoms with Crippen LogP contribution in [0.1, 0.15) is 53.5 Å². The van der Waals surface area contributed by atoms with Gasteiger partial charge < -0.3 is 15.0 Å². The zero-order valence-electron chi connectivity index (χ0n) is 19.9. The minimum Gasteiger partial charge on any atom is -0.462 e. The fourth-order valence-corrected chi connectivity index (χ4v) is 4.21. The molecule has 0 atom stereocenters. The number of hydrogen-bond donors (Lipinski definition) is 1. The Morgan fingerprint density at radius 1 is 1.06 bits per heavy atom. The predicted octanol–water partition coefficient (Wildman–Crippen LogP) is 3.63. The fraction of sp³-hybridized carbons (Fsp3) is 0.400. The van der Waals surface area contributed by atoms with Crippen LogP contribution in [0.25, 0.3) is 5.82 Å². The lowest BCUT2D eigenvalue weighted by atomic mass is 10.1. The van der Waals surface area contributed by atoms with Crippen LogP contribution in [0.5, 0.6) is 0 Å². The number of carbonyl (C=O) groups is 2. The molecule has 1 fully saturated rings. The Hall–Kier alpha value is -3.75. The van der Waals surface area contributed by atoms with Crippen LogP contribution in [0.15, 0.2) is 36.4 Å². The van der Waals surface area contributed by atoms with E-state index in [1.165, 1.54) is 12.8 Å². The van der Waals surface area contributed by atoms with E-state index in [1.807, 2.05) is 26.0 Å². The summed E-state index contributed by atoms with van der Waals surface area (Å²) in [7, 11) is 0. The van der Waals surface area contributed by atoms with Crippen LogP contribution in [0.4, 0.5) is 11.5 Å². The Morgan fingerprint density at radius 2 is 1.79 bits per heavy atom. The highest BCUT2D eigenvalue weighted by Gasteiger charge is 2.18. The third kappa shape index (κ3) is 5.24. The molecule has 3 aromatic rings. The van der Waals surface area contributed by atoms with Gasteiger partial charge in [-0.05, 0) is 75.9 Å². The minimum atomic E-state index is -0.408. The molecule has 1 aliphatic heterocycles. The average Bonchev–Trinajstić information content (AvgIpc) is 3.47. The topological polar surface area (TPSA) is 102 Å². The first-order chi connectivity index (χ1) is 16.5. The summed E-state index contributed by atoms with van der Waals surface area (Å²) in [6.07, 6.45) is 3.21. The summed E-state index contributed by atoms with van der Waals surface area (Å²) in [4.78, 5) is 26.7. The lowest BCUT2D eigenvalue weighted by Crippen LogP contribution is -2.19. The number of aromatic nitrogens is 4. The van der Waals surface area contributed by atoms with Gasteiger partial charge in [0.1, 0.15) is 0 Å². The number of nitrogens with zero attached hydrogens (tertiary/aromatic N) is 5. The molecule has 1 aromatic carbocycles. The molecule has 0 spiro atoms. The van der Waals surface area contributed by atoms with Gasteiger partial charge in [0.15, 0.2) is 11.6 Å². The van der Waals surface area contributed by atoms with Gasteiger partial charge in [-0.3, -0.25) is 4.79 Å². The van der Waals surface area contributed by atoms with Crippen LogP contribution < -0.4 is 10.2 Å². The zero-order chi connectivity index (χ0) is 24.1. The Bertz CT molecular complexity index is 1170. The highest BCUT2D eigenvalue weighted by molar-refractivity contribution is 5.94. The van der Waals surface area contributed by atoms with Crippen LogP contribution in [-0.2, 0) is 16.0 Å². The van der Waals surface area contributed by atoms with Gasteiger partial charge in [0.25, 0.3) is 0 Å². The molecule has 34 heavy (non-hydrogen) atoms. The second-order valence-electron chi connectivity index (χ2n) is 8.35. The van der Waals surface area contributed by atoms with Gasteiger partial charge in [0.2, 0.25) is 5.91 Å². The summed E-state index contributed by atoms with van der Waals surface area (Å²) in [5, 5.41) is 16.3. The molecule has 1 saturated heterocycles. The first-order valence-corrected chi connectivity index (χ1v) is 11.7. The first-order valence-electron chi connectivity index (χ1n) is 11.7. The highest BCUT2D eigenvalue weighted by Crippen LogP contribution is 2.21. The molecule has 3 heterocycles. The molecule has 9 heteroatoms. The van der Waals surface area contributed by atoms with E-state index in [4.69, 9.17) is 4.74 Å². The summed E-state index contributed by atoms with van der Waals surface area (Å²) >= 11 is 0. The van der Waals surface area contributed by atoms with Gasteiger partial charge >= 0.3 is 5.97 Å². The van der Waals surface area contributed by atoms with Gasteiger partial charge in [-0.1, -0.05) is 6.07 Å². The van der Waals surface area contributed by atoms with Gasteiger partial charge in [0, 0.05) is 30.9 Å². The number of benzene rings is 1. The highest BCUT2D eigenvalue weighted by atomic mass is 16.5. The molecule has 1 aliphatic rings. The van der Waals surface area contributed by atoms with Crippen LogP contribution in [-0.4, -0.2) is 51.6 Å². The van der Waals surface area contributed by atoms with Crippen LogP contribution in [0, 0.1) is 13.8 Å². The summed E-state index contributed by atoms with van der Waals surface area (Å²) in [6, 6.07) is 10.7. The van der Waals surface area contributed by atoms with Crippen molar-refractivity contribution >= 4 is 23.4 Å². The summed E-state index contributed by atoms with van der Waals surface area (Å²) in [6.45, 7) is 8.01. The monoisotopic (exact) mass is 462 g/mol. The quantitative estimate of drug-likeness (QED) is 0.510. The van der Waals surface area contributed by atoms with Crippen molar-refractivity contribution in [1.29, 1.82) is 0 Å². The molecular formula is C25H30N6O3. The second kappa shape index (κ2) is 10.5. The van der Waals surface area contributed by atoms with Gasteiger partial charge in [-0.2, -0.15) is 5.10 Å². The number of ether oxygens (including phenoxy) is 1. The van der Waals surface area contributed by atoms with Crippen molar-refractivity contribution < 1.29 is 14.3 Å². The van der Waals surface area contributed by atoms with Gasteiger partial charge in [-0.15, -0.1) is 10.2 Å². The first kappa shape index (κ1) is 23.4. The Morgan fingerprint density at radius 3 is 2.50 bits per heavy atom. The predicted molar refractivity (Wildman–Crippen MR) is 129 cm³/mol. The van der Waals surface area contributed by atoms with E-state index in [-0.39, 0.29) is 12.3 Å². The maximum Gasteiger partial charge on any atom is 0.338 e. The lowest BCUT2D eigenvalue weighted by molar-refractivity contribution is -0.116. The number of amides is 1. The number of hydrogen-bond acceptors (Lipinski definition) is 7. The van der Waals surface area contributed by atoms with Crippen molar-refractivity contribution in [3.63, 3.8) is 0 Å². The lowest BCUT2D eigenvalue weighted by Gasteiger charge is -2.15. The number of carbonyl (C=O) groups excluding carboxylic acids is 2. The van der Waals surface area contributed by atoms with Crippen molar-refractivity contribution in [2.24, 2.45) is 0 Å². The van der Waals surface area contributed by atoms with E-state index in [2.05, 4.69) is 25.5 Å². The van der Waals surface area contributed by atoms with Gasteiger partial charge in [-0.25, -0.2) is 9.48 Å². The minimum absolute atomic E-state index is 0.137. The second-order valence-corrected chi connectivity index (χ2v) is 8.35. The molecule has 1 amide bonds. The molecule has 4 rings (SSSR count). The van der Waals surface area contributed by atoms with Crippen LogP contribution >= 0.6 is 0 Å². The molecule has 0 aliphatic carbocycles. The molecule has 0 saturated carbocycles. The Kier molecular flexibility index (Phi) is 7.20. The Labute approximate surface area is 199 Å². The summed E-state index contributed by atoms with van der Waals surface area (Å²) < 4.78 is 6.80. The zero-order valence-corrected chi connectivity index (χ0v) is 19.9. The number of esters is 1. The van der Waals surface area contributed by atoms with Gasteiger partial charge in [0.05, 0.1) is 17.9 Å².